The second-order valence-electron chi connectivity index (χ2n) is 5.41. The molecule has 1 aliphatic rings. The van der Waals surface area contributed by atoms with E-state index in [2.05, 4.69) is 24.3 Å². The molecular weight excluding hydrogens is 262 g/mol. The van der Waals surface area contributed by atoms with E-state index in [9.17, 15) is 5.11 Å². The molecule has 0 amide bonds. The number of nitrogens with one attached hydrogen (secondary N) is 1. The monoisotopic (exact) mass is 285 g/mol. The van der Waals surface area contributed by atoms with Crippen molar-refractivity contribution in [3.63, 3.8) is 0 Å². The van der Waals surface area contributed by atoms with Gasteiger partial charge in [0, 0.05) is 19.6 Å². The molecule has 0 spiro atoms. The molecule has 0 saturated heterocycles. The van der Waals surface area contributed by atoms with Crippen molar-refractivity contribution in [2.75, 3.05) is 6.54 Å². The Balaban J connectivity index is 1.97. The van der Waals surface area contributed by atoms with Crippen LogP contribution in [0.5, 0.6) is 0 Å². The molecule has 1 aromatic heterocycles. The molecule has 0 bridgehead atoms. The fourth-order valence-electron chi connectivity index (χ4n) is 2.81. The zero-order valence-electron chi connectivity index (χ0n) is 11.9. The fourth-order valence-corrected chi connectivity index (χ4v) is 3.15. The van der Waals surface area contributed by atoms with E-state index in [-0.39, 0.29) is 0 Å². The molecule has 0 aromatic carbocycles. The van der Waals surface area contributed by atoms with Crippen LogP contribution >= 0.6 is 11.6 Å². The molecule has 0 unspecified atom stereocenters. The summed E-state index contributed by atoms with van der Waals surface area (Å²) in [6, 6.07) is 0. The Bertz CT molecular complexity index is 425. The Labute approximate surface area is 120 Å². The van der Waals surface area contributed by atoms with Crippen LogP contribution in [0.25, 0.3) is 0 Å². The topological polar surface area (TPSA) is 50.1 Å². The summed E-state index contributed by atoms with van der Waals surface area (Å²) < 4.78 is 1.95. The van der Waals surface area contributed by atoms with Crippen LogP contribution in [0.1, 0.15) is 50.9 Å². The van der Waals surface area contributed by atoms with Gasteiger partial charge in [0.1, 0.15) is 0 Å². The minimum atomic E-state index is -0.517. The molecule has 19 heavy (non-hydrogen) atoms. The summed E-state index contributed by atoms with van der Waals surface area (Å²) in [4.78, 5) is 0. The highest BCUT2D eigenvalue weighted by Crippen LogP contribution is 2.29. The summed E-state index contributed by atoms with van der Waals surface area (Å²) in [5, 5.41) is 18.9. The SMILES string of the molecule is CCc1nn(CC)c(CNCC2(O)CCCC2)c1Cl. The third kappa shape index (κ3) is 3.30. The van der Waals surface area contributed by atoms with Crippen LogP contribution in [0.3, 0.4) is 0 Å². The van der Waals surface area contributed by atoms with Crippen molar-refractivity contribution in [2.24, 2.45) is 0 Å². The maximum atomic E-state index is 10.3. The summed E-state index contributed by atoms with van der Waals surface area (Å²) in [5.74, 6) is 0. The summed E-state index contributed by atoms with van der Waals surface area (Å²) in [6.45, 7) is 6.26. The van der Waals surface area contributed by atoms with Crippen LogP contribution in [-0.4, -0.2) is 27.0 Å². The maximum Gasteiger partial charge on any atom is 0.0863 e. The van der Waals surface area contributed by atoms with Gasteiger partial charge in [-0.2, -0.15) is 5.10 Å². The van der Waals surface area contributed by atoms with Crippen molar-refractivity contribution < 1.29 is 5.11 Å². The van der Waals surface area contributed by atoms with Crippen LogP contribution in [0.4, 0.5) is 0 Å². The summed E-state index contributed by atoms with van der Waals surface area (Å²) >= 11 is 6.35. The predicted molar refractivity (Wildman–Crippen MR) is 77.4 cm³/mol. The Morgan fingerprint density at radius 2 is 2.05 bits per heavy atom. The van der Waals surface area contributed by atoms with Crippen molar-refractivity contribution in [2.45, 2.75) is 64.6 Å². The lowest BCUT2D eigenvalue weighted by Crippen LogP contribution is -2.38. The van der Waals surface area contributed by atoms with Crippen molar-refractivity contribution in [1.82, 2.24) is 15.1 Å². The van der Waals surface area contributed by atoms with Gasteiger partial charge in [0.05, 0.1) is 22.0 Å². The molecular formula is C14H24ClN3O. The average Bonchev–Trinajstić information content (AvgIpc) is 2.95. The molecule has 4 nitrogen and oxygen atoms in total. The van der Waals surface area contributed by atoms with Crippen molar-refractivity contribution >= 4 is 11.6 Å². The lowest BCUT2D eigenvalue weighted by Gasteiger charge is -2.22. The van der Waals surface area contributed by atoms with Crippen molar-refractivity contribution in [1.29, 1.82) is 0 Å². The van der Waals surface area contributed by atoms with Crippen LogP contribution < -0.4 is 5.32 Å². The quantitative estimate of drug-likeness (QED) is 0.844. The third-order valence-corrected chi connectivity index (χ3v) is 4.41. The number of rotatable bonds is 6. The third-order valence-electron chi connectivity index (χ3n) is 3.97. The van der Waals surface area contributed by atoms with Gasteiger partial charge >= 0.3 is 0 Å². The Morgan fingerprint density at radius 1 is 1.37 bits per heavy atom. The molecule has 0 aliphatic heterocycles. The highest BCUT2D eigenvalue weighted by atomic mass is 35.5. The average molecular weight is 286 g/mol. The van der Waals surface area contributed by atoms with Gasteiger partial charge in [-0.1, -0.05) is 31.4 Å². The van der Waals surface area contributed by atoms with Gasteiger partial charge in [0.15, 0.2) is 0 Å². The minimum Gasteiger partial charge on any atom is -0.389 e. The Morgan fingerprint density at radius 3 is 2.63 bits per heavy atom. The van der Waals surface area contributed by atoms with E-state index >= 15 is 0 Å². The zero-order valence-corrected chi connectivity index (χ0v) is 12.6. The molecule has 1 aromatic rings. The molecule has 5 heteroatoms. The second kappa shape index (κ2) is 6.25. The Kier molecular flexibility index (Phi) is 4.87. The molecule has 2 N–H and O–H groups in total. The maximum absolute atomic E-state index is 10.3. The van der Waals surface area contributed by atoms with Gasteiger partial charge in [0.25, 0.3) is 0 Å². The second-order valence-corrected chi connectivity index (χ2v) is 5.79. The molecule has 108 valence electrons. The standard InChI is InChI=1S/C14H24ClN3O/c1-3-11-13(15)12(18(4-2)17-11)9-16-10-14(19)7-5-6-8-14/h16,19H,3-10H2,1-2H3. The number of hydrogen-bond donors (Lipinski definition) is 2. The molecule has 1 aliphatic carbocycles. The van der Waals surface area contributed by atoms with Crippen LogP contribution in [0, 0.1) is 0 Å². The van der Waals surface area contributed by atoms with Crippen molar-refractivity contribution in [3.8, 4) is 0 Å². The largest absolute Gasteiger partial charge is 0.389 e. The number of aryl methyl sites for hydroxylation is 2. The highest BCUT2D eigenvalue weighted by Gasteiger charge is 2.30. The van der Waals surface area contributed by atoms with Gasteiger partial charge in [0.2, 0.25) is 0 Å². The van der Waals surface area contributed by atoms with Crippen LogP contribution in [0.2, 0.25) is 5.02 Å². The first-order chi connectivity index (χ1) is 9.09. The number of aromatic nitrogens is 2. The van der Waals surface area contributed by atoms with Gasteiger partial charge in [-0.25, -0.2) is 0 Å². The normalized spacial score (nSPS) is 18.1. The fraction of sp³-hybridized carbons (Fsp3) is 0.786. The lowest BCUT2D eigenvalue weighted by atomic mass is 10.0. The smallest absolute Gasteiger partial charge is 0.0863 e. The zero-order chi connectivity index (χ0) is 13.9. The van der Waals surface area contributed by atoms with Gasteiger partial charge in [-0.3, -0.25) is 4.68 Å². The highest BCUT2D eigenvalue weighted by molar-refractivity contribution is 6.31. The number of hydrogen-bond acceptors (Lipinski definition) is 3. The number of nitrogens with zero attached hydrogens (tertiary/aromatic N) is 2. The van der Waals surface area contributed by atoms with E-state index in [1.807, 2.05) is 4.68 Å². The number of halogens is 1. The van der Waals surface area contributed by atoms with Crippen LogP contribution in [-0.2, 0) is 19.5 Å². The minimum absolute atomic E-state index is 0.517. The summed E-state index contributed by atoms with van der Waals surface area (Å²) in [6.07, 6.45) is 4.92. The van der Waals surface area contributed by atoms with Gasteiger partial charge in [-0.15, -0.1) is 0 Å². The summed E-state index contributed by atoms with van der Waals surface area (Å²) in [7, 11) is 0. The first-order valence-corrected chi connectivity index (χ1v) is 7.64. The molecule has 0 radical (unpaired) electrons. The molecule has 2 rings (SSSR count). The summed E-state index contributed by atoms with van der Waals surface area (Å²) in [5.41, 5.74) is 1.47. The molecule has 1 heterocycles. The predicted octanol–water partition coefficient (Wildman–Crippen LogP) is 2.51. The van der Waals surface area contributed by atoms with E-state index in [4.69, 9.17) is 11.6 Å². The van der Waals surface area contributed by atoms with Crippen molar-refractivity contribution in [3.05, 3.63) is 16.4 Å². The van der Waals surface area contributed by atoms with E-state index in [1.54, 1.807) is 0 Å². The van der Waals surface area contributed by atoms with Gasteiger partial charge in [-0.05, 0) is 26.2 Å². The first-order valence-electron chi connectivity index (χ1n) is 7.27. The lowest BCUT2D eigenvalue weighted by molar-refractivity contribution is 0.0473. The van der Waals surface area contributed by atoms with E-state index in [1.165, 1.54) is 0 Å². The molecule has 0 atom stereocenters. The first kappa shape index (κ1) is 14.8. The molecule has 1 fully saturated rings. The molecule has 1 saturated carbocycles. The van der Waals surface area contributed by atoms with Gasteiger partial charge < -0.3 is 10.4 Å². The van der Waals surface area contributed by atoms with E-state index < -0.39 is 5.60 Å². The number of aliphatic hydroxyl groups is 1. The Hall–Kier alpha value is -0.580. The van der Waals surface area contributed by atoms with Crippen LogP contribution in [0.15, 0.2) is 0 Å². The van der Waals surface area contributed by atoms with E-state index in [0.29, 0.717) is 13.1 Å². The van der Waals surface area contributed by atoms with E-state index in [0.717, 1.165) is 55.1 Å².